The molecule has 1 spiro atoms. The summed E-state index contributed by atoms with van der Waals surface area (Å²) in [4.78, 5) is 50.8. The fourth-order valence-corrected chi connectivity index (χ4v) is 4.07. The maximum Gasteiger partial charge on any atom is 0.325 e. The Labute approximate surface area is 174 Å². The summed E-state index contributed by atoms with van der Waals surface area (Å²) in [6.45, 7) is 1.44. The van der Waals surface area contributed by atoms with Crippen molar-refractivity contribution in [2.24, 2.45) is 0 Å². The maximum absolute atomic E-state index is 13.1. The van der Waals surface area contributed by atoms with Crippen LogP contribution in [-0.2, 0) is 22.4 Å². The quantitative estimate of drug-likeness (QED) is 0.591. The number of carbonyl (C=O) groups excluding carboxylic acids is 4. The number of Topliss-reactive ketones (excluding diaryl/α,β-unsaturated/α-hetero) is 1. The summed E-state index contributed by atoms with van der Waals surface area (Å²) >= 11 is 0. The summed E-state index contributed by atoms with van der Waals surface area (Å²) in [5.74, 6) is -0.796. The second-order valence-corrected chi connectivity index (χ2v) is 7.75. The highest BCUT2D eigenvalue weighted by atomic mass is 16.2. The van der Waals surface area contributed by atoms with E-state index in [1.807, 2.05) is 24.3 Å². The van der Waals surface area contributed by atoms with Gasteiger partial charge in [-0.1, -0.05) is 31.2 Å². The van der Waals surface area contributed by atoms with Crippen LogP contribution in [0.5, 0.6) is 0 Å². The molecule has 0 saturated carbocycles. The van der Waals surface area contributed by atoms with Crippen molar-refractivity contribution >= 4 is 29.3 Å². The molecule has 4 rings (SSSR count). The van der Waals surface area contributed by atoms with Crippen LogP contribution in [0.4, 0.5) is 10.5 Å². The first-order chi connectivity index (χ1) is 14.4. The van der Waals surface area contributed by atoms with E-state index < -0.39 is 11.6 Å². The number of amides is 4. The molecule has 0 bridgehead atoms. The summed E-state index contributed by atoms with van der Waals surface area (Å²) in [7, 11) is 0. The molecular formula is C23H23N3O4. The van der Waals surface area contributed by atoms with Crippen LogP contribution in [0.25, 0.3) is 0 Å². The minimum Gasteiger partial charge on any atom is -0.326 e. The largest absolute Gasteiger partial charge is 0.326 e. The molecule has 0 unspecified atom stereocenters. The standard InChI is InChI=1S/C23H23N3O4/c1-2-20(28)24-18-9-7-16(8-10-18)19(27)14-26-21(29)23(25-22(26)30)12-11-15-5-3-4-6-17(15)13-23/h3-10H,2,11-14H2,1H3,(H,24,28)(H,25,30)/t23-/m0/s1. The molecule has 1 aliphatic carbocycles. The lowest BCUT2D eigenvalue weighted by Crippen LogP contribution is -2.51. The lowest BCUT2D eigenvalue weighted by molar-refractivity contribution is -0.131. The van der Waals surface area contributed by atoms with Crippen molar-refractivity contribution in [3.8, 4) is 0 Å². The Morgan fingerprint density at radius 1 is 1.07 bits per heavy atom. The molecular weight excluding hydrogens is 382 g/mol. The van der Waals surface area contributed by atoms with E-state index in [0.717, 1.165) is 10.5 Å². The van der Waals surface area contributed by atoms with E-state index in [2.05, 4.69) is 10.6 Å². The zero-order valence-corrected chi connectivity index (χ0v) is 16.7. The van der Waals surface area contributed by atoms with Crippen LogP contribution in [0.2, 0.25) is 0 Å². The molecule has 7 nitrogen and oxygen atoms in total. The number of anilines is 1. The molecule has 30 heavy (non-hydrogen) atoms. The second-order valence-electron chi connectivity index (χ2n) is 7.75. The zero-order chi connectivity index (χ0) is 21.3. The molecule has 2 aromatic rings. The first-order valence-electron chi connectivity index (χ1n) is 10.1. The molecule has 2 aliphatic rings. The monoisotopic (exact) mass is 405 g/mol. The van der Waals surface area contributed by atoms with Gasteiger partial charge in [0.1, 0.15) is 5.54 Å². The first kappa shape index (κ1) is 19.8. The number of imide groups is 1. The average molecular weight is 405 g/mol. The Hall–Kier alpha value is -3.48. The summed E-state index contributed by atoms with van der Waals surface area (Å²) in [6, 6.07) is 13.8. The zero-order valence-electron chi connectivity index (χ0n) is 16.7. The smallest absolute Gasteiger partial charge is 0.325 e. The van der Waals surface area contributed by atoms with Crippen LogP contribution in [-0.4, -0.2) is 40.6 Å². The highest BCUT2D eigenvalue weighted by Gasteiger charge is 2.52. The fourth-order valence-electron chi connectivity index (χ4n) is 4.07. The number of aryl methyl sites for hydroxylation is 1. The number of fused-ring (bicyclic) bond motifs is 1. The van der Waals surface area contributed by atoms with Gasteiger partial charge in [-0.15, -0.1) is 0 Å². The number of urea groups is 1. The van der Waals surface area contributed by atoms with Crippen LogP contribution in [0.1, 0.15) is 41.3 Å². The normalized spacial score (nSPS) is 20.1. The lowest BCUT2D eigenvalue weighted by Gasteiger charge is -2.32. The molecule has 1 heterocycles. The third-order valence-electron chi connectivity index (χ3n) is 5.79. The molecule has 1 atom stereocenters. The van der Waals surface area contributed by atoms with E-state index in [4.69, 9.17) is 0 Å². The molecule has 2 N–H and O–H groups in total. The van der Waals surface area contributed by atoms with Gasteiger partial charge in [0.25, 0.3) is 5.91 Å². The van der Waals surface area contributed by atoms with E-state index >= 15 is 0 Å². The Bertz CT molecular complexity index is 1030. The Morgan fingerprint density at radius 3 is 2.47 bits per heavy atom. The fraction of sp³-hybridized carbons (Fsp3) is 0.304. The highest BCUT2D eigenvalue weighted by molar-refractivity contribution is 6.11. The van der Waals surface area contributed by atoms with Gasteiger partial charge in [0.05, 0.1) is 6.54 Å². The Morgan fingerprint density at radius 2 is 1.77 bits per heavy atom. The molecule has 4 amide bonds. The van der Waals surface area contributed by atoms with E-state index in [0.29, 0.717) is 36.9 Å². The van der Waals surface area contributed by atoms with Gasteiger partial charge < -0.3 is 10.6 Å². The van der Waals surface area contributed by atoms with Crippen LogP contribution in [0.3, 0.4) is 0 Å². The number of nitrogens with zero attached hydrogens (tertiary/aromatic N) is 1. The van der Waals surface area contributed by atoms with Crippen LogP contribution < -0.4 is 10.6 Å². The second kappa shape index (κ2) is 7.74. The molecule has 1 aliphatic heterocycles. The number of nitrogens with one attached hydrogen (secondary N) is 2. The highest BCUT2D eigenvalue weighted by Crippen LogP contribution is 2.33. The van der Waals surface area contributed by atoms with Crippen LogP contribution >= 0.6 is 0 Å². The van der Waals surface area contributed by atoms with Gasteiger partial charge in [-0.3, -0.25) is 19.3 Å². The molecule has 0 aromatic heterocycles. The van der Waals surface area contributed by atoms with E-state index in [1.54, 1.807) is 31.2 Å². The van der Waals surface area contributed by atoms with Gasteiger partial charge in [-0.2, -0.15) is 0 Å². The summed E-state index contributed by atoms with van der Waals surface area (Å²) in [5.41, 5.74) is 2.23. The predicted molar refractivity (Wildman–Crippen MR) is 111 cm³/mol. The third kappa shape index (κ3) is 3.58. The SMILES string of the molecule is CCC(=O)Nc1ccc(C(=O)CN2C(=O)N[C@]3(CCc4ccccc4C3)C2=O)cc1. The van der Waals surface area contributed by atoms with Crippen molar-refractivity contribution in [3.63, 3.8) is 0 Å². The number of ketones is 1. The van der Waals surface area contributed by atoms with Gasteiger partial charge in [-0.25, -0.2) is 4.79 Å². The molecule has 1 saturated heterocycles. The van der Waals surface area contributed by atoms with Crippen molar-refractivity contribution in [2.45, 2.75) is 38.1 Å². The van der Waals surface area contributed by atoms with E-state index in [1.165, 1.54) is 5.56 Å². The van der Waals surface area contributed by atoms with Crippen molar-refractivity contribution in [1.29, 1.82) is 0 Å². The predicted octanol–water partition coefficient (Wildman–Crippen LogP) is 2.70. The minimum absolute atomic E-state index is 0.118. The van der Waals surface area contributed by atoms with Crippen molar-refractivity contribution in [3.05, 3.63) is 65.2 Å². The number of hydrogen-bond donors (Lipinski definition) is 2. The van der Waals surface area contributed by atoms with E-state index in [9.17, 15) is 19.2 Å². The van der Waals surface area contributed by atoms with Crippen LogP contribution in [0, 0.1) is 0 Å². The first-order valence-corrected chi connectivity index (χ1v) is 10.1. The number of rotatable bonds is 5. The molecule has 1 fully saturated rings. The van der Waals surface area contributed by atoms with E-state index in [-0.39, 0.29) is 24.1 Å². The average Bonchev–Trinajstić information content (AvgIpc) is 2.97. The van der Waals surface area contributed by atoms with Crippen molar-refractivity contribution in [1.82, 2.24) is 10.2 Å². The number of benzene rings is 2. The van der Waals surface area contributed by atoms with Crippen molar-refractivity contribution in [2.75, 3.05) is 11.9 Å². The molecule has 7 heteroatoms. The third-order valence-corrected chi connectivity index (χ3v) is 5.79. The summed E-state index contributed by atoms with van der Waals surface area (Å²) < 4.78 is 0. The van der Waals surface area contributed by atoms with Gasteiger partial charge in [0.2, 0.25) is 5.91 Å². The topological polar surface area (TPSA) is 95.6 Å². The van der Waals surface area contributed by atoms with Gasteiger partial charge in [0, 0.05) is 24.1 Å². The summed E-state index contributed by atoms with van der Waals surface area (Å²) in [5, 5.41) is 5.55. The van der Waals surface area contributed by atoms with Gasteiger partial charge >= 0.3 is 6.03 Å². The number of carbonyl (C=O) groups is 4. The Kier molecular flexibility index (Phi) is 5.11. The Balaban J connectivity index is 1.46. The molecule has 2 aromatic carbocycles. The van der Waals surface area contributed by atoms with Crippen LogP contribution in [0.15, 0.2) is 48.5 Å². The summed E-state index contributed by atoms with van der Waals surface area (Å²) in [6.07, 6.45) is 2.02. The lowest BCUT2D eigenvalue weighted by atomic mass is 9.78. The molecule has 0 radical (unpaired) electrons. The number of hydrogen-bond acceptors (Lipinski definition) is 4. The minimum atomic E-state index is -0.972. The molecule has 154 valence electrons. The van der Waals surface area contributed by atoms with Gasteiger partial charge in [0.15, 0.2) is 5.78 Å². The van der Waals surface area contributed by atoms with Gasteiger partial charge in [-0.05, 0) is 48.2 Å². The maximum atomic E-state index is 13.1. The van der Waals surface area contributed by atoms with Crippen molar-refractivity contribution < 1.29 is 19.2 Å².